The summed E-state index contributed by atoms with van der Waals surface area (Å²) in [5.74, 6) is 0. The highest BCUT2D eigenvalue weighted by molar-refractivity contribution is 5.26. The minimum atomic E-state index is 0.357. The molecule has 2 saturated heterocycles. The van der Waals surface area contributed by atoms with Gasteiger partial charge >= 0.3 is 0 Å². The molecule has 1 aromatic carbocycles. The Labute approximate surface area is 128 Å². The Balaban J connectivity index is 1.58. The van der Waals surface area contributed by atoms with Crippen LogP contribution >= 0.6 is 0 Å². The first kappa shape index (κ1) is 13.8. The summed E-state index contributed by atoms with van der Waals surface area (Å²) in [6.07, 6.45) is 9.80. The number of likely N-dealkylation sites (tertiary alicyclic amines) is 1. The average molecular weight is 284 g/mol. The summed E-state index contributed by atoms with van der Waals surface area (Å²) < 4.78 is 0. The van der Waals surface area contributed by atoms with Gasteiger partial charge in [0.1, 0.15) is 0 Å². The number of piperidine rings is 1. The molecule has 1 aromatic rings. The molecule has 2 heteroatoms. The van der Waals surface area contributed by atoms with Gasteiger partial charge < -0.3 is 5.32 Å². The number of benzene rings is 1. The van der Waals surface area contributed by atoms with Crippen LogP contribution in [-0.2, 0) is 5.54 Å². The van der Waals surface area contributed by atoms with Crippen molar-refractivity contribution in [3.05, 3.63) is 35.9 Å². The molecular weight excluding hydrogens is 256 g/mol. The van der Waals surface area contributed by atoms with Crippen LogP contribution in [0.5, 0.6) is 0 Å². The minimum absolute atomic E-state index is 0.357. The van der Waals surface area contributed by atoms with E-state index in [9.17, 15) is 0 Å². The van der Waals surface area contributed by atoms with Crippen LogP contribution in [0.3, 0.4) is 0 Å². The Morgan fingerprint density at radius 2 is 1.48 bits per heavy atom. The molecule has 1 spiro atoms. The molecular formula is C19H28N2. The van der Waals surface area contributed by atoms with E-state index in [1.807, 2.05) is 0 Å². The summed E-state index contributed by atoms with van der Waals surface area (Å²) in [6, 6.07) is 11.4. The largest absolute Gasteiger partial charge is 0.317 e. The van der Waals surface area contributed by atoms with E-state index in [2.05, 4.69) is 40.5 Å². The van der Waals surface area contributed by atoms with E-state index in [1.54, 1.807) is 5.56 Å². The van der Waals surface area contributed by atoms with E-state index in [0.717, 1.165) is 0 Å². The topological polar surface area (TPSA) is 15.3 Å². The Kier molecular flexibility index (Phi) is 3.55. The van der Waals surface area contributed by atoms with Gasteiger partial charge in [-0.2, -0.15) is 0 Å². The van der Waals surface area contributed by atoms with Crippen molar-refractivity contribution >= 4 is 0 Å². The maximum absolute atomic E-state index is 3.54. The lowest BCUT2D eigenvalue weighted by Crippen LogP contribution is -2.56. The molecule has 2 aliphatic heterocycles. The van der Waals surface area contributed by atoms with Gasteiger partial charge in [0.2, 0.25) is 0 Å². The maximum Gasteiger partial charge on any atom is 0.0461 e. The third kappa shape index (κ3) is 2.33. The Hall–Kier alpha value is -0.860. The second kappa shape index (κ2) is 5.40. The first-order valence-corrected chi connectivity index (χ1v) is 8.85. The highest BCUT2D eigenvalue weighted by Gasteiger charge is 2.48. The molecule has 2 nitrogen and oxygen atoms in total. The SMILES string of the molecule is c1ccc(C2(N3CCC3)CCC3(CCNCC3)CC2)cc1. The molecule has 0 unspecified atom stereocenters. The first-order chi connectivity index (χ1) is 10.3. The lowest BCUT2D eigenvalue weighted by Gasteiger charge is -2.56. The monoisotopic (exact) mass is 284 g/mol. The quantitative estimate of drug-likeness (QED) is 0.894. The van der Waals surface area contributed by atoms with Crippen molar-refractivity contribution in [3.63, 3.8) is 0 Å². The number of nitrogens with one attached hydrogen (secondary N) is 1. The normalized spacial score (nSPS) is 28.2. The second-order valence-corrected chi connectivity index (χ2v) is 7.49. The van der Waals surface area contributed by atoms with Crippen LogP contribution in [0, 0.1) is 5.41 Å². The van der Waals surface area contributed by atoms with Gasteiger partial charge in [0.15, 0.2) is 0 Å². The molecule has 0 atom stereocenters. The van der Waals surface area contributed by atoms with Crippen LogP contribution in [0.25, 0.3) is 0 Å². The van der Waals surface area contributed by atoms with E-state index in [0.29, 0.717) is 11.0 Å². The van der Waals surface area contributed by atoms with E-state index < -0.39 is 0 Å². The maximum atomic E-state index is 3.54. The molecule has 0 aromatic heterocycles. The lowest BCUT2D eigenvalue weighted by atomic mass is 9.61. The minimum Gasteiger partial charge on any atom is -0.317 e. The van der Waals surface area contributed by atoms with Crippen molar-refractivity contribution in [1.29, 1.82) is 0 Å². The van der Waals surface area contributed by atoms with Crippen LogP contribution in [-0.4, -0.2) is 31.1 Å². The second-order valence-electron chi connectivity index (χ2n) is 7.49. The van der Waals surface area contributed by atoms with Crippen LogP contribution in [0.15, 0.2) is 30.3 Å². The Morgan fingerprint density at radius 1 is 0.810 bits per heavy atom. The third-order valence-electron chi connectivity index (χ3n) is 6.57. The summed E-state index contributed by atoms with van der Waals surface area (Å²) in [4.78, 5) is 2.77. The summed E-state index contributed by atoms with van der Waals surface area (Å²) in [5, 5.41) is 3.54. The van der Waals surface area contributed by atoms with Crippen molar-refractivity contribution in [2.24, 2.45) is 5.41 Å². The standard InChI is InChI=1S/C19H28N2/c1-2-5-17(6-3-1)19(21-15-4-16-21)9-7-18(8-10-19)11-13-20-14-12-18/h1-3,5-6,20H,4,7-16H2. The zero-order valence-electron chi connectivity index (χ0n) is 13.1. The van der Waals surface area contributed by atoms with Crippen molar-refractivity contribution in [2.45, 2.75) is 50.5 Å². The van der Waals surface area contributed by atoms with E-state index >= 15 is 0 Å². The van der Waals surface area contributed by atoms with Gasteiger partial charge in [0.05, 0.1) is 0 Å². The van der Waals surface area contributed by atoms with Gasteiger partial charge in [-0.15, -0.1) is 0 Å². The predicted molar refractivity (Wildman–Crippen MR) is 87.3 cm³/mol. The smallest absolute Gasteiger partial charge is 0.0461 e. The molecule has 21 heavy (non-hydrogen) atoms. The van der Waals surface area contributed by atoms with Crippen molar-refractivity contribution in [1.82, 2.24) is 10.2 Å². The van der Waals surface area contributed by atoms with Crippen molar-refractivity contribution in [3.8, 4) is 0 Å². The van der Waals surface area contributed by atoms with Gasteiger partial charge in [0, 0.05) is 18.6 Å². The molecule has 1 aliphatic carbocycles. The number of nitrogens with zero attached hydrogens (tertiary/aromatic N) is 1. The number of hydrogen-bond donors (Lipinski definition) is 1. The van der Waals surface area contributed by atoms with Gasteiger partial charge in [-0.1, -0.05) is 30.3 Å². The fraction of sp³-hybridized carbons (Fsp3) is 0.684. The Bertz CT molecular complexity index is 462. The number of hydrogen-bond acceptors (Lipinski definition) is 2. The van der Waals surface area contributed by atoms with Crippen LogP contribution < -0.4 is 5.32 Å². The zero-order chi connectivity index (χ0) is 14.2. The zero-order valence-corrected chi connectivity index (χ0v) is 13.1. The Morgan fingerprint density at radius 3 is 2.05 bits per heavy atom. The van der Waals surface area contributed by atoms with E-state index in [-0.39, 0.29) is 0 Å². The lowest BCUT2D eigenvalue weighted by molar-refractivity contribution is -0.0407. The highest BCUT2D eigenvalue weighted by Crippen LogP contribution is 2.53. The third-order valence-corrected chi connectivity index (χ3v) is 6.57. The summed E-state index contributed by atoms with van der Waals surface area (Å²) >= 11 is 0. The van der Waals surface area contributed by atoms with Gasteiger partial charge in [-0.25, -0.2) is 0 Å². The molecule has 3 aliphatic rings. The van der Waals surface area contributed by atoms with Gasteiger partial charge in [0.25, 0.3) is 0 Å². The highest BCUT2D eigenvalue weighted by atomic mass is 15.2. The fourth-order valence-electron chi connectivity index (χ4n) is 4.93. The average Bonchev–Trinajstić information content (AvgIpc) is 2.50. The molecule has 2 heterocycles. The molecule has 1 saturated carbocycles. The van der Waals surface area contributed by atoms with Crippen molar-refractivity contribution in [2.75, 3.05) is 26.2 Å². The molecule has 1 N–H and O–H groups in total. The molecule has 4 rings (SSSR count). The molecule has 3 fully saturated rings. The summed E-state index contributed by atoms with van der Waals surface area (Å²) in [5.41, 5.74) is 2.60. The van der Waals surface area contributed by atoms with Gasteiger partial charge in [-0.3, -0.25) is 4.90 Å². The van der Waals surface area contributed by atoms with Crippen molar-refractivity contribution < 1.29 is 0 Å². The predicted octanol–water partition coefficient (Wildman–Crippen LogP) is 3.53. The summed E-state index contributed by atoms with van der Waals surface area (Å²) in [6.45, 7) is 5.09. The van der Waals surface area contributed by atoms with E-state index in [4.69, 9.17) is 0 Å². The summed E-state index contributed by atoms with van der Waals surface area (Å²) in [7, 11) is 0. The fourth-order valence-corrected chi connectivity index (χ4v) is 4.93. The molecule has 0 amide bonds. The molecule has 0 bridgehead atoms. The number of rotatable bonds is 2. The first-order valence-electron chi connectivity index (χ1n) is 8.85. The van der Waals surface area contributed by atoms with Crippen LogP contribution in [0.1, 0.15) is 50.5 Å². The van der Waals surface area contributed by atoms with Crippen LogP contribution in [0.4, 0.5) is 0 Å². The van der Waals surface area contributed by atoms with E-state index in [1.165, 1.54) is 71.1 Å². The molecule has 0 radical (unpaired) electrons. The van der Waals surface area contributed by atoms with Crippen LogP contribution in [0.2, 0.25) is 0 Å². The molecule has 114 valence electrons. The van der Waals surface area contributed by atoms with Gasteiger partial charge in [-0.05, 0) is 69.0 Å².